The Kier molecular flexibility index (Phi) is 3.54. The molecule has 0 spiro atoms. The van der Waals surface area contributed by atoms with Crippen LogP contribution in [0.5, 0.6) is 0 Å². The summed E-state index contributed by atoms with van der Waals surface area (Å²) in [5.41, 5.74) is 5.09. The molecule has 0 bridgehead atoms. The molecule has 1 amide bonds. The lowest BCUT2D eigenvalue weighted by Crippen LogP contribution is -2.36. The van der Waals surface area contributed by atoms with Gasteiger partial charge in [0.25, 0.3) is 0 Å². The lowest BCUT2D eigenvalue weighted by atomic mass is 10.1. The number of hydrogen-bond donors (Lipinski definition) is 1. The number of hydrogen-bond acceptors (Lipinski definition) is 3. The lowest BCUT2D eigenvalue weighted by molar-refractivity contribution is 0.0292. The van der Waals surface area contributed by atoms with Crippen molar-refractivity contribution in [2.24, 2.45) is 11.7 Å². The third kappa shape index (κ3) is 3.66. The molecule has 5 heteroatoms. The predicted octanol–water partition coefficient (Wildman–Crippen LogP) is 1.53. The van der Waals surface area contributed by atoms with Crippen molar-refractivity contribution in [3.8, 4) is 0 Å². The number of ether oxygens (including phenoxy) is 1. The highest BCUT2D eigenvalue weighted by Crippen LogP contribution is 2.19. The summed E-state index contributed by atoms with van der Waals surface area (Å²) in [6.07, 6.45) is 0.565. The smallest absolute Gasteiger partial charge is 0.410 e. The molecule has 0 aromatic carbocycles. The Labute approximate surface area is 95.8 Å². The molecule has 0 radical (unpaired) electrons. The topological polar surface area (TPSA) is 55.6 Å². The quantitative estimate of drug-likeness (QED) is 0.694. The van der Waals surface area contributed by atoms with Crippen LogP contribution in [0, 0.1) is 5.92 Å². The molecular weight excluding hydrogens is 212 g/mol. The standard InChI is InChI=1S/C10H18N2O2S/c1-10(2,3)14-9(13)12-5-4-7(6-12)8(11)15/h7H,4-6H2,1-3H3,(H2,11,15)/t7-/m0/s1. The van der Waals surface area contributed by atoms with Gasteiger partial charge in [-0.15, -0.1) is 0 Å². The van der Waals surface area contributed by atoms with E-state index in [9.17, 15) is 4.79 Å². The van der Waals surface area contributed by atoms with Crippen LogP contribution in [0.15, 0.2) is 0 Å². The van der Waals surface area contributed by atoms with E-state index in [1.165, 1.54) is 0 Å². The zero-order valence-electron chi connectivity index (χ0n) is 9.45. The second kappa shape index (κ2) is 4.35. The first-order chi connectivity index (χ1) is 6.79. The van der Waals surface area contributed by atoms with Crippen LogP contribution in [0.2, 0.25) is 0 Å². The molecule has 15 heavy (non-hydrogen) atoms. The molecule has 0 aromatic rings. The molecule has 1 rings (SSSR count). The predicted molar refractivity (Wildman–Crippen MR) is 62.7 cm³/mol. The Morgan fingerprint density at radius 3 is 2.53 bits per heavy atom. The van der Waals surface area contributed by atoms with Crippen LogP contribution < -0.4 is 5.73 Å². The minimum Gasteiger partial charge on any atom is -0.444 e. The summed E-state index contributed by atoms with van der Waals surface area (Å²) >= 11 is 4.90. The van der Waals surface area contributed by atoms with Gasteiger partial charge < -0.3 is 15.4 Å². The average molecular weight is 230 g/mol. The summed E-state index contributed by atoms with van der Waals surface area (Å²) in [4.78, 5) is 13.8. The van der Waals surface area contributed by atoms with Crippen molar-refractivity contribution in [3.63, 3.8) is 0 Å². The van der Waals surface area contributed by atoms with Gasteiger partial charge in [-0.25, -0.2) is 4.79 Å². The highest BCUT2D eigenvalue weighted by atomic mass is 32.1. The minimum atomic E-state index is -0.446. The maximum absolute atomic E-state index is 11.6. The largest absolute Gasteiger partial charge is 0.444 e. The number of amides is 1. The van der Waals surface area contributed by atoms with Crippen molar-refractivity contribution in [2.45, 2.75) is 32.8 Å². The molecule has 1 saturated heterocycles. The van der Waals surface area contributed by atoms with Crippen molar-refractivity contribution >= 4 is 23.3 Å². The number of thiocarbonyl (C=S) groups is 1. The van der Waals surface area contributed by atoms with Crippen LogP contribution in [0.1, 0.15) is 27.2 Å². The zero-order valence-corrected chi connectivity index (χ0v) is 10.3. The Hall–Kier alpha value is -0.840. The van der Waals surface area contributed by atoms with Crippen LogP contribution in [0.4, 0.5) is 4.79 Å². The highest BCUT2D eigenvalue weighted by Gasteiger charge is 2.30. The van der Waals surface area contributed by atoms with Crippen LogP contribution in [0.25, 0.3) is 0 Å². The van der Waals surface area contributed by atoms with E-state index in [4.69, 9.17) is 22.7 Å². The Morgan fingerprint density at radius 1 is 1.53 bits per heavy atom. The van der Waals surface area contributed by atoms with E-state index >= 15 is 0 Å². The fraction of sp³-hybridized carbons (Fsp3) is 0.800. The van der Waals surface area contributed by atoms with Gasteiger partial charge in [0.05, 0.1) is 4.99 Å². The summed E-state index contributed by atoms with van der Waals surface area (Å²) in [6, 6.07) is 0. The van der Waals surface area contributed by atoms with E-state index in [1.807, 2.05) is 20.8 Å². The van der Waals surface area contributed by atoms with Crippen LogP contribution >= 0.6 is 12.2 Å². The summed E-state index contributed by atoms with van der Waals surface area (Å²) in [5.74, 6) is 0.146. The summed E-state index contributed by atoms with van der Waals surface area (Å²) < 4.78 is 5.25. The number of nitrogens with zero attached hydrogens (tertiary/aromatic N) is 1. The van der Waals surface area contributed by atoms with Gasteiger partial charge in [0.1, 0.15) is 5.60 Å². The van der Waals surface area contributed by atoms with Crippen molar-refractivity contribution in [1.29, 1.82) is 0 Å². The van der Waals surface area contributed by atoms with Crippen molar-refractivity contribution in [2.75, 3.05) is 13.1 Å². The minimum absolute atomic E-state index is 0.146. The fourth-order valence-electron chi connectivity index (χ4n) is 1.48. The lowest BCUT2D eigenvalue weighted by Gasteiger charge is -2.24. The van der Waals surface area contributed by atoms with Gasteiger partial charge >= 0.3 is 6.09 Å². The molecule has 0 aliphatic carbocycles. The second-order valence-electron chi connectivity index (χ2n) is 4.81. The number of nitrogens with two attached hydrogens (primary N) is 1. The first-order valence-electron chi connectivity index (χ1n) is 5.07. The van der Waals surface area contributed by atoms with E-state index in [0.29, 0.717) is 18.1 Å². The molecule has 1 fully saturated rings. The van der Waals surface area contributed by atoms with Crippen LogP contribution in [-0.2, 0) is 4.74 Å². The van der Waals surface area contributed by atoms with Gasteiger partial charge in [0, 0.05) is 19.0 Å². The van der Waals surface area contributed by atoms with Gasteiger partial charge in [-0.3, -0.25) is 0 Å². The Balaban J connectivity index is 2.47. The van der Waals surface area contributed by atoms with Gasteiger partial charge in [0.15, 0.2) is 0 Å². The first-order valence-corrected chi connectivity index (χ1v) is 5.47. The maximum atomic E-state index is 11.6. The highest BCUT2D eigenvalue weighted by molar-refractivity contribution is 7.80. The molecule has 0 aromatic heterocycles. The summed E-state index contributed by atoms with van der Waals surface area (Å²) in [7, 11) is 0. The summed E-state index contributed by atoms with van der Waals surface area (Å²) in [6.45, 7) is 6.82. The van der Waals surface area contributed by atoms with Gasteiger partial charge in [-0.2, -0.15) is 0 Å². The molecule has 0 saturated carbocycles. The van der Waals surface area contributed by atoms with E-state index in [1.54, 1.807) is 4.90 Å². The molecule has 4 nitrogen and oxygen atoms in total. The SMILES string of the molecule is CC(C)(C)OC(=O)N1CC[C@H](C(N)=S)C1. The van der Waals surface area contributed by atoms with E-state index in [0.717, 1.165) is 6.42 Å². The molecule has 1 aliphatic rings. The molecule has 0 unspecified atom stereocenters. The van der Waals surface area contributed by atoms with E-state index in [-0.39, 0.29) is 12.0 Å². The zero-order chi connectivity index (χ0) is 11.6. The van der Waals surface area contributed by atoms with Crippen molar-refractivity contribution in [1.82, 2.24) is 4.90 Å². The van der Waals surface area contributed by atoms with Crippen LogP contribution in [0.3, 0.4) is 0 Å². The number of carbonyl (C=O) groups is 1. The third-order valence-electron chi connectivity index (χ3n) is 2.24. The molecule has 1 heterocycles. The third-order valence-corrected chi connectivity index (χ3v) is 2.58. The first kappa shape index (κ1) is 12.2. The van der Waals surface area contributed by atoms with Gasteiger partial charge in [-0.05, 0) is 27.2 Å². The average Bonchev–Trinajstić information content (AvgIpc) is 2.47. The van der Waals surface area contributed by atoms with Crippen molar-refractivity contribution < 1.29 is 9.53 Å². The van der Waals surface area contributed by atoms with Gasteiger partial charge in [0.2, 0.25) is 0 Å². The van der Waals surface area contributed by atoms with Crippen molar-refractivity contribution in [3.05, 3.63) is 0 Å². The molecule has 1 atom stereocenters. The Bertz CT molecular complexity index is 273. The maximum Gasteiger partial charge on any atom is 0.410 e. The fourth-order valence-corrected chi connectivity index (χ4v) is 1.68. The second-order valence-corrected chi connectivity index (χ2v) is 5.29. The number of likely N-dealkylation sites (tertiary alicyclic amines) is 1. The monoisotopic (exact) mass is 230 g/mol. The number of rotatable bonds is 1. The summed E-state index contributed by atoms with van der Waals surface area (Å²) in [5, 5.41) is 0. The normalized spacial score (nSPS) is 21.5. The van der Waals surface area contributed by atoms with Gasteiger partial charge in [-0.1, -0.05) is 12.2 Å². The van der Waals surface area contributed by atoms with E-state index < -0.39 is 5.60 Å². The Morgan fingerprint density at radius 2 is 2.13 bits per heavy atom. The van der Waals surface area contributed by atoms with E-state index in [2.05, 4.69) is 0 Å². The number of carbonyl (C=O) groups excluding carboxylic acids is 1. The molecule has 86 valence electrons. The molecular formula is C10H18N2O2S. The molecule has 2 N–H and O–H groups in total. The molecule has 1 aliphatic heterocycles. The van der Waals surface area contributed by atoms with Crippen LogP contribution in [-0.4, -0.2) is 34.7 Å².